The number of carbonyl (C=O) groups is 1. The van der Waals surface area contributed by atoms with E-state index in [9.17, 15) is 14.4 Å². The Morgan fingerprint density at radius 1 is 1.15 bits per heavy atom. The van der Waals surface area contributed by atoms with Gasteiger partial charge in [0.15, 0.2) is 0 Å². The first kappa shape index (κ1) is 17.9. The number of aromatic nitrogens is 3. The first-order valence-corrected chi connectivity index (χ1v) is 8.19. The Labute approximate surface area is 157 Å². The van der Waals surface area contributed by atoms with Crippen molar-refractivity contribution in [3.63, 3.8) is 0 Å². The molecule has 0 bridgehead atoms. The van der Waals surface area contributed by atoms with Crippen LogP contribution in [0.4, 0.5) is 5.69 Å². The third-order valence-corrected chi connectivity index (χ3v) is 3.91. The second kappa shape index (κ2) is 7.55. The minimum Gasteiger partial charge on any atom is -0.322 e. The topological polar surface area (TPSA) is 96.8 Å². The smallest absolute Gasteiger partial charge is 0.322 e. The summed E-state index contributed by atoms with van der Waals surface area (Å²) in [5.41, 5.74) is -0.752. The molecule has 2 N–H and O–H groups in total. The van der Waals surface area contributed by atoms with Crippen molar-refractivity contribution < 1.29 is 4.79 Å². The molecule has 0 spiro atoms. The van der Waals surface area contributed by atoms with E-state index in [1.807, 2.05) is 0 Å². The lowest BCUT2D eigenvalue weighted by Crippen LogP contribution is -2.39. The highest BCUT2D eigenvalue weighted by Gasteiger charge is 2.16. The normalized spacial score (nSPS) is 10.5. The van der Waals surface area contributed by atoms with Crippen LogP contribution in [0.25, 0.3) is 0 Å². The molecular weight excluding hydrogens is 379 g/mol. The van der Waals surface area contributed by atoms with Gasteiger partial charge >= 0.3 is 5.69 Å². The summed E-state index contributed by atoms with van der Waals surface area (Å²) in [6.45, 7) is -0.0564. The van der Waals surface area contributed by atoms with Crippen LogP contribution in [0.2, 0.25) is 10.0 Å². The molecule has 0 saturated heterocycles. The van der Waals surface area contributed by atoms with Crippen LogP contribution in [0.1, 0.15) is 16.1 Å². The molecule has 1 aromatic carbocycles. The lowest BCUT2D eigenvalue weighted by atomic mass is 10.2. The Morgan fingerprint density at radius 2 is 1.88 bits per heavy atom. The van der Waals surface area contributed by atoms with Gasteiger partial charge < -0.3 is 10.3 Å². The van der Waals surface area contributed by atoms with Gasteiger partial charge in [0.2, 0.25) is 0 Å². The van der Waals surface area contributed by atoms with Crippen LogP contribution in [0.5, 0.6) is 0 Å². The van der Waals surface area contributed by atoms with Crippen molar-refractivity contribution in [2.75, 3.05) is 5.32 Å². The lowest BCUT2D eigenvalue weighted by molar-refractivity contribution is 0.102. The quantitative estimate of drug-likeness (QED) is 0.714. The van der Waals surface area contributed by atoms with Gasteiger partial charge in [-0.15, -0.1) is 0 Å². The highest BCUT2D eigenvalue weighted by molar-refractivity contribution is 6.35. The third kappa shape index (κ3) is 4.01. The zero-order chi connectivity index (χ0) is 18.7. The van der Waals surface area contributed by atoms with E-state index in [-0.39, 0.29) is 12.1 Å². The average molecular weight is 391 g/mol. The average Bonchev–Trinajstić information content (AvgIpc) is 2.58. The van der Waals surface area contributed by atoms with Crippen molar-refractivity contribution in [1.82, 2.24) is 14.5 Å². The number of hydrogen-bond donors (Lipinski definition) is 2. The maximum absolute atomic E-state index is 12.6. The van der Waals surface area contributed by atoms with Crippen molar-refractivity contribution in [3.8, 4) is 0 Å². The number of nitrogens with one attached hydrogen (secondary N) is 2. The first-order valence-electron chi connectivity index (χ1n) is 7.44. The molecule has 0 atom stereocenters. The zero-order valence-electron chi connectivity index (χ0n) is 13.2. The molecule has 9 heteroatoms. The highest BCUT2D eigenvalue weighted by Crippen LogP contribution is 2.22. The number of anilines is 1. The highest BCUT2D eigenvalue weighted by atomic mass is 35.5. The number of benzene rings is 1. The van der Waals surface area contributed by atoms with E-state index in [1.165, 1.54) is 18.2 Å². The molecule has 132 valence electrons. The van der Waals surface area contributed by atoms with Crippen LogP contribution < -0.4 is 16.6 Å². The van der Waals surface area contributed by atoms with Gasteiger partial charge in [-0.05, 0) is 30.3 Å². The second-order valence-corrected chi connectivity index (χ2v) is 6.20. The van der Waals surface area contributed by atoms with E-state index in [1.54, 1.807) is 24.4 Å². The van der Waals surface area contributed by atoms with Gasteiger partial charge in [-0.25, -0.2) is 4.79 Å². The molecule has 3 aromatic rings. The van der Waals surface area contributed by atoms with Crippen molar-refractivity contribution in [2.24, 2.45) is 0 Å². The predicted molar refractivity (Wildman–Crippen MR) is 99.1 cm³/mol. The minimum atomic E-state index is -0.731. The number of H-pyrrole nitrogens is 1. The number of aromatic amines is 1. The molecule has 0 aliphatic heterocycles. The van der Waals surface area contributed by atoms with E-state index in [0.29, 0.717) is 21.4 Å². The molecule has 2 heterocycles. The van der Waals surface area contributed by atoms with Crippen molar-refractivity contribution in [2.45, 2.75) is 6.54 Å². The molecule has 3 rings (SSSR count). The summed E-state index contributed by atoms with van der Waals surface area (Å²) in [7, 11) is 0. The van der Waals surface area contributed by atoms with E-state index in [0.717, 1.165) is 10.8 Å². The Bertz CT molecular complexity index is 1060. The standard InChI is InChI=1S/C17H12Cl2N4O3/c18-10-5-11(19)7-13(6-10)22-15(24)14-8-21-17(26)23(16(14)25)9-12-3-1-2-4-20-12/h1-8H,9H2,(H,21,26)(H,22,24). The molecule has 0 aliphatic rings. The lowest BCUT2D eigenvalue weighted by Gasteiger charge is -2.08. The Kier molecular flexibility index (Phi) is 5.20. The summed E-state index contributed by atoms with van der Waals surface area (Å²) in [6, 6.07) is 9.62. The second-order valence-electron chi connectivity index (χ2n) is 5.33. The van der Waals surface area contributed by atoms with Gasteiger partial charge in [-0.1, -0.05) is 29.3 Å². The summed E-state index contributed by atoms with van der Waals surface area (Å²) in [5, 5.41) is 3.20. The van der Waals surface area contributed by atoms with Crippen molar-refractivity contribution >= 4 is 34.8 Å². The van der Waals surface area contributed by atoms with Crippen LogP contribution in [0.3, 0.4) is 0 Å². The molecule has 0 unspecified atom stereocenters. The van der Waals surface area contributed by atoms with Crippen LogP contribution in [0.15, 0.2) is 58.4 Å². The summed E-state index contributed by atoms with van der Waals surface area (Å²) < 4.78 is 0.905. The van der Waals surface area contributed by atoms with Crippen molar-refractivity contribution in [3.05, 3.63) is 90.9 Å². The molecule has 7 nitrogen and oxygen atoms in total. The molecule has 1 amide bonds. The molecule has 0 fully saturated rings. The molecule has 0 radical (unpaired) electrons. The number of carbonyl (C=O) groups excluding carboxylic acids is 1. The SMILES string of the molecule is O=C(Nc1cc(Cl)cc(Cl)c1)c1c[nH]c(=O)n(Cc2ccccn2)c1=O. The molecular formula is C17H12Cl2N4O3. The fourth-order valence-corrected chi connectivity index (χ4v) is 2.82. The molecule has 26 heavy (non-hydrogen) atoms. The molecule has 2 aromatic heterocycles. The molecule has 0 aliphatic carbocycles. The number of amides is 1. The van der Waals surface area contributed by atoms with Gasteiger partial charge in [0.1, 0.15) is 5.56 Å². The van der Waals surface area contributed by atoms with Crippen LogP contribution in [0, 0.1) is 0 Å². The van der Waals surface area contributed by atoms with E-state index in [4.69, 9.17) is 23.2 Å². The van der Waals surface area contributed by atoms with Gasteiger partial charge in [-0.3, -0.25) is 19.1 Å². The fourth-order valence-electron chi connectivity index (χ4n) is 2.30. The number of pyridine rings is 1. The van der Waals surface area contributed by atoms with Gasteiger partial charge in [0.05, 0.1) is 12.2 Å². The summed E-state index contributed by atoms with van der Waals surface area (Å²) in [5.74, 6) is -0.695. The zero-order valence-corrected chi connectivity index (χ0v) is 14.7. The molecule has 0 saturated carbocycles. The summed E-state index contributed by atoms with van der Waals surface area (Å²) in [4.78, 5) is 43.4. The van der Waals surface area contributed by atoms with Crippen LogP contribution >= 0.6 is 23.2 Å². The monoisotopic (exact) mass is 390 g/mol. The number of halogens is 2. The van der Waals surface area contributed by atoms with Gasteiger partial charge in [0, 0.05) is 28.1 Å². The van der Waals surface area contributed by atoms with Crippen LogP contribution in [-0.4, -0.2) is 20.4 Å². The Balaban J connectivity index is 1.93. The largest absolute Gasteiger partial charge is 0.328 e. The Morgan fingerprint density at radius 3 is 2.54 bits per heavy atom. The van der Waals surface area contributed by atoms with E-state index >= 15 is 0 Å². The number of rotatable bonds is 4. The third-order valence-electron chi connectivity index (χ3n) is 3.47. The number of nitrogens with zero attached hydrogens (tertiary/aromatic N) is 2. The first-order chi connectivity index (χ1) is 12.4. The van der Waals surface area contributed by atoms with E-state index in [2.05, 4.69) is 15.3 Å². The van der Waals surface area contributed by atoms with Gasteiger partial charge in [-0.2, -0.15) is 0 Å². The van der Waals surface area contributed by atoms with E-state index < -0.39 is 17.2 Å². The predicted octanol–water partition coefficient (Wildman–Crippen LogP) is 2.54. The maximum Gasteiger partial charge on any atom is 0.328 e. The minimum absolute atomic E-state index is 0.0564. The fraction of sp³-hybridized carbons (Fsp3) is 0.0588. The summed E-state index contributed by atoms with van der Waals surface area (Å²) >= 11 is 11.8. The van der Waals surface area contributed by atoms with Gasteiger partial charge in [0.25, 0.3) is 11.5 Å². The Hall–Kier alpha value is -2.90. The maximum atomic E-state index is 12.6. The summed E-state index contributed by atoms with van der Waals surface area (Å²) in [6.07, 6.45) is 2.62. The number of hydrogen-bond acceptors (Lipinski definition) is 4. The van der Waals surface area contributed by atoms with Crippen molar-refractivity contribution in [1.29, 1.82) is 0 Å². The van der Waals surface area contributed by atoms with Crippen LogP contribution in [-0.2, 0) is 6.54 Å².